The van der Waals surface area contributed by atoms with Gasteiger partial charge in [0, 0.05) is 6.26 Å². The minimum absolute atomic E-state index is 0.0410. The Morgan fingerprint density at radius 1 is 1.18 bits per heavy atom. The van der Waals surface area contributed by atoms with Gasteiger partial charge in [-0.1, -0.05) is 0 Å². The Hall–Kier alpha value is -2.28. The first-order valence-corrected chi connectivity index (χ1v) is 8.47. The predicted octanol–water partition coefficient (Wildman–Crippen LogP) is 2.44. The monoisotopic (exact) mass is 324 g/mol. The van der Waals surface area contributed by atoms with Crippen molar-refractivity contribution in [3.05, 3.63) is 47.9 Å². The summed E-state index contributed by atoms with van der Waals surface area (Å²) in [6, 6.07) is 7.52. The van der Waals surface area contributed by atoms with Gasteiger partial charge in [0.15, 0.2) is 15.6 Å². The summed E-state index contributed by atoms with van der Waals surface area (Å²) in [5, 5.41) is 0. The summed E-state index contributed by atoms with van der Waals surface area (Å²) in [5.74, 6) is 0.353. The fraction of sp³-hybridized carbons (Fsp3) is 0.267. The molecule has 0 bridgehead atoms. The first-order valence-electron chi connectivity index (χ1n) is 6.58. The number of rotatable bonds is 6. The summed E-state index contributed by atoms with van der Waals surface area (Å²) in [4.78, 5) is 11.9. The highest BCUT2D eigenvalue weighted by molar-refractivity contribution is 7.90. The van der Waals surface area contributed by atoms with E-state index in [-0.39, 0.29) is 18.1 Å². The van der Waals surface area contributed by atoms with Crippen LogP contribution < -0.4 is 4.74 Å². The molecular formula is C15H16O6S. The van der Waals surface area contributed by atoms with E-state index in [4.69, 9.17) is 13.9 Å². The average Bonchev–Trinajstić information content (AvgIpc) is 2.93. The van der Waals surface area contributed by atoms with E-state index in [2.05, 4.69) is 0 Å². The molecule has 118 valence electrons. The maximum absolute atomic E-state index is 11.7. The van der Waals surface area contributed by atoms with E-state index in [0.29, 0.717) is 17.1 Å². The van der Waals surface area contributed by atoms with Crippen LogP contribution in [-0.4, -0.2) is 27.2 Å². The molecule has 0 radical (unpaired) electrons. The van der Waals surface area contributed by atoms with E-state index >= 15 is 0 Å². The van der Waals surface area contributed by atoms with Gasteiger partial charge in [-0.2, -0.15) is 0 Å². The summed E-state index contributed by atoms with van der Waals surface area (Å²) in [6.07, 6.45) is 2.52. The van der Waals surface area contributed by atoms with Gasteiger partial charge < -0.3 is 13.9 Å². The van der Waals surface area contributed by atoms with Crippen molar-refractivity contribution in [1.29, 1.82) is 0 Å². The van der Waals surface area contributed by atoms with Crippen molar-refractivity contribution >= 4 is 15.8 Å². The van der Waals surface area contributed by atoms with Crippen LogP contribution in [0.25, 0.3) is 0 Å². The number of hydrogen-bond acceptors (Lipinski definition) is 6. The lowest BCUT2D eigenvalue weighted by molar-refractivity contribution is 0.0521. The molecule has 1 aromatic carbocycles. The predicted molar refractivity (Wildman–Crippen MR) is 78.5 cm³/mol. The molecule has 0 aliphatic rings. The molecular weight excluding hydrogens is 308 g/mol. The number of furan rings is 1. The largest absolute Gasteiger partial charge is 0.486 e. The third-order valence-electron chi connectivity index (χ3n) is 2.86. The van der Waals surface area contributed by atoms with E-state index in [1.165, 1.54) is 24.5 Å². The van der Waals surface area contributed by atoms with Gasteiger partial charge in [-0.15, -0.1) is 0 Å². The third-order valence-corrected chi connectivity index (χ3v) is 3.99. The second-order valence-electron chi connectivity index (χ2n) is 4.51. The lowest BCUT2D eigenvalue weighted by Gasteiger charge is -2.07. The molecule has 22 heavy (non-hydrogen) atoms. The molecule has 1 aromatic heterocycles. The van der Waals surface area contributed by atoms with Gasteiger partial charge in [0.25, 0.3) is 0 Å². The molecule has 0 spiro atoms. The van der Waals surface area contributed by atoms with Crippen molar-refractivity contribution in [2.24, 2.45) is 0 Å². The zero-order valence-electron chi connectivity index (χ0n) is 12.2. The molecule has 2 rings (SSSR count). The third kappa shape index (κ3) is 3.88. The Kier molecular flexibility index (Phi) is 4.87. The van der Waals surface area contributed by atoms with Crippen LogP contribution in [0.15, 0.2) is 45.9 Å². The van der Waals surface area contributed by atoms with E-state index in [0.717, 1.165) is 6.26 Å². The molecule has 0 aliphatic heterocycles. The second kappa shape index (κ2) is 6.65. The maximum Gasteiger partial charge on any atom is 0.341 e. The fourth-order valence-corrected chi connectivity index (χ4v) is 2.41. The number of carbonyl (C=O) groups is 1. The number of carbonyl (C=O) groups excluding carboxylic acids is 1. The normalized spacial score (nSPS) is 11.2. The van der Waals surface area contributed by atoms with E-state index < -0.39 is 15.8 Å². The maximum atomic E-state index is 11.7. The van der Waals surface area contributed by atoms with Crippen molar-refractivity contribution < 1.29 is 27.1 Å². The van der Waals surface area contributed by atoms with Gasteiger partial charge >= 0.3 is 5.97 Å². The Morgan fingerprint density at radius 3 is 2.45 bits per heavy atom. The van der Waals surface area contributed by atoms with Gasteiger partial charge in [0.2, 0.25) is 0 Å². The van der Waals surface area contributed by atoms with Crippen molar-refractivity contribution in [1.82, 2.24) is 0 Å². The van der Waals surface area contributed by atoms with E-state index in [1.54, 1.807) is 19.1 Å². The second-order valence-corrected chi connectivity index (χ2v) is 6.53. The van der Waals surface area contributed by atoms with Crippen LogP contribution in [0.2, 0.25) is 0 Å². The zero-order valence-corrected chi connectivity index (χ0v) is 13.1. The number of hydrogen-bond donors (Lipinski definition) is 0. The summed E-state index contributed by atoms with van der Waals surface area (Å²) in [6.45, 7) is 2.04. The van der Waals surface area contributed by atoms with Gasteiger partial charge in [-0.05, 0) is 37.3 Å². The van der Waals surface area contributed by atoms with Crippen molar-refractivity contribution in [2.45, 2.75) is 18.4 Å². The summed E-state index contributed by atoms with van der Waals surface area (Å²) in [7, 11) is -3.24. The molecule has 2 aromatic rings. The summed E-state index contributed by atoms with van der Waals surface area (Å²) < 4.78 is 38.3. The van der Waals surface area contributed by atoms with Crippen LogP contribution in [0.3, 0.4) is 0 Å². The Balaban J connectivity index is 2.05. The molecule has 1 heterocycles. The average molecular weight is 324 g/mol. The highest BCUT2D eigenvalue weighted by Crippen LogP contribution is 2.19. The number of ether oxygens (including phenoxy) is 2. The quantitative estimate of drug-likeness (QED) is 0.759. The fourth-order valence-electron chi connectivity index (χ4n) is 1.78. The summed E-state index contributed by atoms with van der Waals surface area (Å²) >= 11 is 0. The first kappa shape index (κ1) is 16.1. The lowest BCUT2D eigenvalue weighted by Crippen LogP contribution is -2.07. The van der Waals surface area contributed by atoms with Crippen molar-refractivity contribution in [3.8, 4) is 5.75 Å². The van der Waals surface area contributed by atoms with Crippen LogP contribution in [0.1, 0.15) is 23.0 Å². The van der Waals surface area contributed by atoms with Crippen LogP contribution in [0.4, 0.5) is 0 Å². The van der Waals surface area contributed by atoms with Crippen molar-refractivity contribution in [3.63, 3.8) is 0 Å². The van der Waals surface area contributed by atoms with Crippen LogP contribution >= 0.6 is 0 Å². The molecule has 0 saturated carbocycles. The SMILES string of the molecule is CCOC(=O)c1ccoc1COc1ccc(S(C)(=O)=O)cc1. The lowest BCUT2D eigenvalue weighted by atomic mass is 10.2. The molecule has 0 amide bonds. The molecule has 7 heteroatoms. The van der Waals surface area contributed by atoms with Gasteiger partial charge in [-0.3, -0.25) is 0 Å². The number of sulfone groups is 1. The highest BCUT2D eigenvalue weighted by Gasteiger charge is 2.16. The summed E-state index contributed by atoms with van der Waals surface area (Å²) in [5.41, 5.74) is 0.314. The molecule has 6 nitrogen and oxygen atoms in total. The number of benzene rings is 1. The minimum Gasteiger partial charge on any atom is -0.486 e. The Bertz CT molecular complexity index is 743. The molecule has 0 aliphatic carbocycles. The zero-order chi connectivity index (χ0) is 16.2. The first-order chi connectivity index (χ1) is 10.4. The smallest absolute Gasteiger partial charge is 0.341 e. The molecule has 0 fully saturated rings. The standard InChI is InChI=1S/C15H16O6S/c1-3-19-15(16)13-8-9-20-14(13)10-21-11-4-6-12(7-5-11)22(2,17)18/h4-9H,3,10H2,1-2H3. The van der Waals surface area contributed by atoms with Crippen LogP contribution in [-0.2, 0) is 21.2 Å². The highest BCUT2D eigenvalue weighted by atomic mass is 32.2. The van der Waals surface area contributed by atoms with Crippen LogP contribution in [0, 0.1) is 0 Å². The van der Waals surface area contributed by atoms with Crippen LogP contribution in [0.5, 0.6) is 5.75 Å². The minimum atomic E-state index is -3.24. The molecule has 0 N–H and O–H groups in total. The molecule has 0 unspecified atom stereocenters. The topological polar surface area (TPSA) is 82.8 Å². The van der Waals surface area contributed by atoms with E-state index in [1.807, 2.05) is 0 Å². The molecule has 0 atom stereocenters. The number of esters is 1. The van der Waals surface area contributed by atoms with Crippen molar-refractivity contribution in [2.75, 3.05) is 12.9 Å². The van der Waals surface area contributed by atoms with Gasteiger partial charge in [0.05, 0.1) is 17.8 Å². The van der Waals surface area contributed by atoms with Gasteiger partial charge in [0.1, 0.15) is 17.9 Å². The Labute approximate surface area is 128 Å². The van der Waals surface area contributed by atoms with Gasteiger partial charge in [-0.25, -0.2) is 13.2 Å². The van der Waals surface area contributed by atoms with E-state index in [9.17, 15) is 13.2 Å². The molecule has 0 saturated heterocycles. The Morgan fingerprint density at radius 2 is 1.86 bits per heavy atom.